The highest BCUT2D eigenvalue weighted by atomic mass is 79.9. The van der Waals surface area contributed by atoms with E-state index in [9.17, 15) is 0 Å². The molecular formula is C10H21BrN2. The van der Waals surface area contributed by atoms with Gasteiger partial charge in [0.1, 0.15) is 0 Å². The van der Waals surface area contributed by atoms with Crippen LogP contribution in [0.15, 0.2) is 0 Å². The van der Waals surface area contributed by atoms with Gasteiger partial charge in [0.25, 0.3) is 0 Å². The van der Waals surface area contributed by atoms with E-state index in [-0.39, 0.29) is 17.0 Å². The number of halogens is 1. The Morgan fingerprint density at radius 2 is 1.62 bits per heavy atom. The summed E-state index contributed by atoms with van der Waals surface area (Å²) in [6.45, 7) is 12.1. The van der Waals surface area contributed by atoms with E-state index in [1.165, 1.54) is 63.1 Å². The number of unbranched alkanes of at least 4 members (excludes halogenated alkanes) is 1. The van der Waals surface area contributed by atoms with Crippen molar-refractivity contribution >= 4 is 0 Å². The minimum absolute atomic E-state index is 0. The second-order valence-corrected chi connectivity index (χ2v) is 4.43. The molecule has 3 heteroatoms. The van der Waals surface area contributed by atoms with Crippen LogP contribution in [0.5, 0.6) is 0 Å². The van der Waals surface area contributed by atoms with E-state index in [1.54, 1.807) is 0 Å². The van der Waals surface area contributed by atoms with Gasteiger partial charge >= 0.3 is 0 Å². The Bertz CT molecular complexity index is 139. The van der Waals surface area contributed by atoms with E-state index in [0.717, 1.165) is 0 Å². The Morgan fingerprint density at radius 3 is 2.08 bits per heavy atom. The van der Waals surface area contributed by atoms with Gasteiger partial charge in [-0.15, -0.1) is 0 Å². The van der Waals surface area contributed by atoms with Crippen molar-refractivity contribution < 1.29 is 21.5 Å². The molecule has 0 spiro atoms. The largest absolute Gasteiger partial charge is 1.00 e. The predicted molar refractivity (Wildman–Crippen MR) is 51.1 cm³/mol. The lowest BCUT2D eigenvalue weighted by atomic mass is 10.1. The summed E-state index contributed by atoms with van der Waals surface area (Å²) in [4.78, 5) is 2.62. The first kappa shape index (κ1) is 11.5. The first-order chi connectivity index (χ1) is 5.85. The number of hydrogen-bond acceptors (Lipinski definition) is 1. The van der Waals surface area contributed by atoms with Crippen molar-refractivity contribution in [2.24, 2.45) is 0 Å². The number of rotatable bonds is 3. The van der Waals surface area contributed by atoms with Crippen LogP contribution in [0.4, 0.5) is 0 Å². The number of nitrogens with zero attached hydrogens (tertiary/aromatic N) is 2. The van der Waals surface area contributed by atoms with E-state index in [1.807, 2.05) is 0 Å². The van der Waals surface area contributed by atoms with Crippen molar-refractivity contribution in [3.63, 3.8) is 0 Å². The molecule has 0 radical (unpaired) electrons. The summed E-state index contributed by atoms with van der Waals surface area (Å²) in [6, 6.07) is 0. The van der Waals surface area contributed by atoms with Gasteiger partial charge in [0.05, 0.1) is 26.2 Å². The molecule has 3 heterocycles. The van der Waals surface area contributed by atoms with Crippen LogP contribution < -0.4 is 17.0 Å². The molecule has 3 aliphatic heterocycles. The predicted octanol–water partition coefficient (Wildman–Crippen LogP) is -2.06. The molecule has 3 saturated heterocycles. The monoisotopic (exact) mass is 248 g/mol. The smallest absolute Gasteiger partial charge is 0.0916 e. The zero-order valence-electron chi connectivity index (χ0n) is 8.64. The topological polar surface area (TPSA) is 3.24 Å². The molecular weight excluding hydrogens is 228 g/mol. The molecule has 13 heavy (non-hydrogen) atoms. The summed E-state index contributed by atoms with van der Waals surface area (Å²) in [7, 11) is 0. The highest BCUT2D eigenvalue weighted by molar-refractivity contribution is 4.70. The molecule has 0 aromatic rings. The second kappa shape index (κ2) is 4.76. The third-order valence-corrected chi connectivity index (χ3v) is 3.66. The number of quaternary nitrogens is 1. The maximum atomic E-state index is 2.62. The lowest BCUT2D eigenvalue weighted by Gasteiger charge is -2.50. The van der Waals surface area contributed by atoms with Crippen LogP contribution >= 0.6 is 0 Å². The van der Waals surface area contributed by atoms with Crippen LogP contribution in [0.3, 0.4) is 0 Å². The number of hydrogen-bond donors (Lipinski definition) is 0. The van der Waals surface area contributed by atoms with Gasteiger partial charge in [-0.05, 0) is 6.42 Å². The van der Waals surface area contributed by atoms with Crippen LogP contribution in [-0.2, 0) is 0 Å². The quantitative estimate of drug-likeness (QED) is 0.520. The fraction of sp³-hybridized carbons (Fsp3) is 1.00. The zero-order valence-corrected chi connectivity index (χ0v) is 10.2. The lowest BCUT2D eigenvalue weighted by molar-refractivity contribution is -0.941. The van der Waals surface area contributed by atoms with Crippen LogP contribution in [0.1, 0.15) is 19.8 Å². The Balaban J connectivity index is 0.000000845. The highest BCUT2D eigenvalue weighted by Gasteiger charge is 2.37. The van der Waals surface area contributed by atoms with E-state index in [2.05, 4.69) is 11.8 Å². The SMILES string of the molecule is CCCC[N+]12CCN(CC1)CC2.[Br-]. The molecule has 78 valence electrons. The molecule has 0 aromatic carbocycles. The molecule has 0 unspecified atom stereocenters. The first-order valence-electron chi connectivity index (χ1n) is 5.42. The van der Waals surface area contributed by atoms with Gasteiger partial charge in [0.15, 0.2) is 0 Å². The van der Waals surface area contributed by atoms with E-state index < -0.39 is 0 Å². The number of piperazine rings is 3. The van der Waals surface area contributed by atoms with Gasteiger partial charge in [0, 0.05) is 19.6 Å². The van der Waals surface area contributed by atoms with Crippen molar-refractivity contribution in [2.75, 3.05) is 45.8 Å². The molecule has 2 nitrogen and oxygen atoms in total. The van der Waals surface area contributed by atoms with Crippen LogP contribution in [0.25, 0.3) is 0 Å². The lowest BCUT2D eigenvalue weighted by Crippen LogP contribution is -3.00. The van der Waals surface area contributed by atoms with Gasteiger partial charge in [-0.25, -0.2) is 0 Å². The van der Waals surface area contributed by atoms with Crippen molar-refractivity contribution in [1.29, 1.82) is 0 Å². The van der Waals surface area contributed by atoms with Crippen molar-refractivity contribution in [2.45, 2.75) is 19.8 Å². The Hall–Kier alpha value is 0.400. The Morgan fingerprint density at radius 1 is 1.08 bits per heavy atom. The Labute approximate surface area is 92.3 Å². The molecule has 0 aromatic heterocycles. The first-order valence-corrected chi connectivity index (χ1v) is 5.42. The highest BCUT2D eigenvalue weighted by Crippen LogP contribution is 2.19. The average Bonchev–Trinajstić information content (AvgIpc) is 2.18. The fourth-order valence-electron chi connectivity index (χ4n) is 2.56. The van der Waals surface area contributed by atoms with Crippen molar-refractivity contribution in [3.05, 3.63) is 0 Å². The van der Waals surface area contributed by atoms with E-state index >= 15 is 0 Å². The summed E-state index contributed by atoms with van der Waals surface area (Å²) >= 11 is 0. The maximum absolute atomic E-state index is 2.62. The second-order valence-electron chi connectivity index (χ2n) is 4.43. The minimum Gasteiger partial charge on any atom is -1.00 e. The van der Waals surface area contributed by atoms with Gasteiger partial charge < -0.3 is 21.5 Å². The van der Waals surface area contributed by atoms with E-state index in [0.29, 0.717) is 0 Å². The molecule has 0 N–H and O–H groups in total. The summed E-state index contributed by atoms with van der Waals surface area (Å²) in [6.07, 6.45) is 2.80. The number of fused-ring (bicyclic) bond motifs is 3. The fourth-order valence-corrected chi connectivity index (χ4v) is 2.56. The standard InChI is InChI=1S/C10H21N2.BrH/c1-2-3-7-12-8-4-11(5-9-12)6-10-12;/h2-10H2,1H3;1H/q+1;/p-1. The molecule has 0 atom stereocenters. The van der Waals surface area contributed by atoms with E-state index in [4.69, 9.17) is 0 Å². The van der Waals surface area contributed by atoms with Gasteiger partial charge in [-0.1, -0.05) is 13.3 Å². The minimum atomic E-state index is 0. The summed E-state index contributed by atoms with van der Waals surface area (Å²) < 4.78 is 1.45. The van der Waals surface area contributed by atoms with Gasteiger partial charge in [-0.2, -0.15) is 0 Å². The van der Waals surface area contributed by atoms with Gasteiger partial charge in [0.2, 0.25) is 0 Å². The van der Waals surface area contributed by atoms with Crippen LogP contribution in [0, 0.1) is 0 Å². The average molecular weight is 249 g/mol. The van der Waals surface area contributed by atoms with Gasteiger partial charge in [-0.3, -0.25) is 4.90 Å². The van der Waals surface area contributed by atoms with Crippen molar-refractivity contribution in [3.8, 4) is 0 Å². The molecule has 2 bridgehead atoms. The molecule has 0 aliphatic carbocycles. The molecule has 0 amide bonds. The van der Waals surface area contributed by atoms with Crippen LogP contribution in [0.2, 0.25) is 0 Å². The summed E-state index contributed by atoms with van der Waals surface area (Å²) in [5, 5.41) is 0. The molecule has 0 saturated carbocycles. The third kappa shape index (κ3) is 2.45. The zero-order chi connectivity index (χ0) is 8.44. The molecule has 3 aliphatic rings. The summed E-state index contributed by atoms with van der Waals surface area (Å²) in [5.74, 6) is 0. The maximum Gasteiger partial charge on any atom is 0.0916 e. The molecule has 3 rings (SSSR count). The van der Waals surface area contributed by atoms with Crippen molar-refractivity contribution in [1.82, 2.24) is 4.90 Å². The third-order valence-electron chi connectivity index (χ3n) is 3.66. The Kier molecular flexibility index (Phi) is 4.20. The summed E-state index contributed by atoms with van der Waals surface area (Å²) in [5.41, 5.74) is 0. The van der Waals surface area contributed by atoms with Crippen LogP contribution in [-0.4, -0.2) is 55.2 Å². The normalized spacial score (nSPS) is 37.2. The molecule has 3 fully saturated rings.